The minimum Gasteiger partial charge on any atom is -0.325 e. The van der Waals surface area contributed by atoms with Crippen LogP contribution in [0.25, 0.3) is 0 Å². The number of rotatable bonds is 4. The summed E-state index contributed by atoms with van der Waals surface area (Å²) in [5, 5.41) is 10.9. The van der Waals surface area contributed by atoms with E-state index in [0.29, 0.717) is 0 Å². The van der Waals surface area contributed by atoms with Gasteiger partial charge in [0.15, 0.2) is 0 Å². The molecule has 158 valence electrons. The van der Waals surface area contributed by atoms with Crippen molar-refractivity contribution < 1.29 is 4.92 Å². The zero-order valence-corrected chi connectivity index (χ0v) is 20.0. The van der Waals surface area contributed by atoms with Crippen LogP contribution in [0.5, 0.6) is 0 Å². The second-order valence-corrected chi connectivity index (χ2v) is 11.5. The summed E-state index contributed by atoms with van der Waals surface area (Å²) >= 11 is 1.50. The van der Waals surface area contributed by atoms with E-state index in [1.165, 1.54) is 28.6 Å². The predicted octanol–water partition coefficient (Wildman–Crippen LogP) is 7.61. The summed E-state index contributed by atoms with van der Waals surface area (Å²) in [6.45, 7) is 20.2. The molecule has 0 aliphatic rings. The lowest BCUT2D eigenvalue weighted by Crippen LogP contribution is -2.23. The van der Waals surface area contributed by atoms with Crippen LogP contribution in [0.4, 0.5) is 11.4 Å². The first-order chi connectivity index (χ1) is 13.1. The van der Waals surface area contributed by atoms with E-state index in [9.17, 15) is 10.1 Å². The monoisotopic (exact) mass is 414 g/mol. The van der Waals surface area contributed by atoms with Crippen LogP contribution in [-0.4, -0.2) is 4.92 Å². The Kier molecular flexibility index (Phi) is 6.43. The van der Waals surface area contributed by atoms with Gasteiger partial charge >= 0.3 is 0 Å². The lowest BCUT2D eigenvalue weighted by Gasteiger charge is -2.33. The molecule has 0 saturated carbocycles. The first-order valence-electron chi connectivity index (χ1n) is 9.97. The normalized spacial score (nSPS) is 12.7. The molecule has 2 rings (SSSR count). The van der Waals surface area contributed by atoms with Crippen molar-refractivity contribution in [1.29, 1.82) is 0 Å². The summed E-state index contributed by atoms with van der Waals surface area (Å²) in [4.78, 5) is 11.5. The number of hydrogen-bond donors (Lipinski definition) is 1. The van der Waals surface area contributed by atoms with E-state index >= 15 is 0 Å². The van der Waals surface area contributed by atoms with Gasteiger partial charge in [-0.15, -0.1) is 0 Å². The van der Waals surface area contributed by atoms with E-state index in [1.807, 2.05) is 0 Å². The van der Waals surface area contributed by atoms with Gasteiger partial charge in [-0.05, 0) is 57.0 Å². The fourth-order valence-corrected chi connectivity index (χ4v) is 3.83. The Morgan fingerprint density at radius 3 is 1.59 bits per heavy atom. The third-order valence-corrected chi connectivity index (χ3v) is 5.75. The molecular weight excluding hydrogens is 380 g/mol. The molecule has 2 aromatic carbocycles. The number of nitro benzene ring substituents is 1. The number of benzene rings is 2. The van der Waals surface area contributed by atoms with Crippen molar-refractivity contribution in [1.82, 2.24) is 0 Å². The fourth-order valence-electron chi connectivity index (χ4n) is 3.11. The zero-order chi connectivity index (χ0) is 22.2. The Labute approximate surface area is 179 Å². The number of nitrogens with one attached hydrogen (secondary N) is 1. The smallest absolute Gasteiger partial charge is 0.269 e. The van der Waals surface area contributed by atoms with Crippen molar-refractivity contribution in [3.05, 3.63) is 63.2 Å². The molecule has 0 aliphatic heterocycles. The minimum atomic E-state index is -0.373. The highest BCUT2D eigenvalue weighted by Gasteiger charge is 2.29. The van der Waals surface area contributed by atoms with Crippen molar-refractivity contribution >= 4 is 23.3 Å². The Bertz CT molecular complexity index is 848. The fraction of sp³-hybridized carbons (Fsp3) is 0.500. The molecule has 5 heteroatoms. The SMILES string of the molecule is CC(C)(C)c1cc(C(C)(C)C)c(NSc2ccc([N+](=O)[O-])cc2)c(C(C)(C)C)c1. The second-order valence-electron chi connectivity index (χ2n) is 10.7. The molecule has 4 nitrogen and oxygen atoms in total. The Morgan fingerprint density at radius 1 is 0.793 bits per heavy atom. The van der Waals surface area contributed by atoms with Gasteiger partial charge < -0.3 is 4.72 Å². The molecule has 0 spiro atoms. The molecule has 2 aromatic rings. The summed E-state index contributed by atoms with van der Waals surface area (Å²) in [7, 11) is 0. The lowest BCUT2D eigenvalue weighted by atomic mass is 9.74. The summed E-state index contributed by atoms with van der Waals surface area (Å²) in [5.41, 5.74) is 5.14. The number of non-ortho nitro benzene ring substituents is 1. The van der Waals surface area contributed by atoms with E-state index in [2.05, 4.69) is 79.2 Å². The highest BCUT2D eigenvalue weighted by atomic mass is 32.2. The molecule has 1 N–H and O–H groups in total. The molecule has 0 radical (unpaired) electrons. The van der Waals surface area contributed by atoms with Gasteiger partial charge in [-0.2, -0.15) is 0 Å². The molecule has 0 heterocycles. The van der Waals surface area contributed by atoms with E-state index in [4.69, 9.17) is 0 Å². The molecular formula is C24H34N2O2S. The van der Waals surface area contributed by atoms with Gasteiger partial charge in [0.1, 0.15) is 0 Å². The van der Waals surface area contributed by atoms with Crippen molar-refractivity contribution in [2.45, 2.75) is 83.5 Å². The van der Waals surface area contributed by atoms with Gasteiger partial charge in [-0.3, -0.25) is 10.1 Å². The highest BCUT2D eigenvalue weighted by Crippen LogP contribution is 2.43. The number of nitro groups is 1. The zero-order valence-electron chi connectivity index (χ0n) is 19.1. The average Bonchev–Trinajstić information content (AvgIpc) is 2.57. The largest absolute Gasteiger partial charge is 0.325 e. The number of anilines is 1. The van der Waals surface area contributed by atoms with Crippen LogP contribution < -0.4 is 4.72 Å². The van der Waals surface area contributed by atoms with Crippen LogP contribution in [0, 0.1) is 10.1 Å². The highest BCUT2D eigenvalue weighted by molar-refractivity contribution is 8.00. The van der Waals surface area contributed by atoms with Crippen molar-refractivity contribution in [3.8, 4) is 0 Å². The van der Waals surface area contributed by atoms with Gasteiger partial charge in [0, 0.05) is 17.0 Å². The lowest BCUT2D eigenvalue weighted by molar-refractivity contribution is -0.384. The van der Waals surface area contributed by atoms with Crippen molar-refractivity contribution in [3.63, 3.8) is 0 Å². The standard InChI is InChI=1S/C24H34N2O2S/c1-22(2,3)16-14-19(23(4,5)6)21(20(15-16)24(7,8)9)25-29-18-12-10-17(11-13-18)26(27)28/h10-15,25H,1-9H3. The van der Waals surface area contributed by atoms with Gasteiger partial charge in [0.05, 0.1) is 10.6 Å². The molecule has 0 fully saturated rings. The molecule has 0 saturated heterocycles. The molecule has 0 aromatic heterocycles. The van der Waals surface area contributed by atoms with Crippen LogP contribution in [-0.2, 0) is 16.2 Å². The van der Waals surface area contributed by atoms with E-state index in [-0.39, 0.29) is 26.9 Å². The van der Waals surface area contributed by atoms with Crippen LogP contribution in [0.15, 0.2) is 41.3 Å². The Morgan fingerprint density at radius 2 is 1.24 bits per heavy atom. The summed E-state index contributed by atoms with van der Waals surface area (Å²) in [6.07, 6.45) is 0. The molecule has 0 aliphatic carbocycles. The maximum atomic E-state index is 10.9. The van der Waals surface area contributed by atoms with E-state index in [1.54, 1.807) is 24.3 Å². The topological polar surface area (TPSA) is 55.2 Å². The van der Waals surface area contributed by atoms with Crippen molar-refractivity contribution in [2.24, 2.45) is 0 Å². The third-order valence-electron chi connectivity index (χ3n) is 4.94. The molecule has 0 amide bonds. The molecule has 0 bridgehead atoms. The maximum Gasteiger partial charge on any atom is 0.269 e. The predicted molar refractivity (Wildman–Crippen MR) is 125 cm³/mol. The van der Waals surface area contributed by atoms with Gasteiger partial charge in [-0.1, -0.05) is 74.4 Å². The molecule has 29 heavy (non-hydrogen) atoms. The van der Waals surface area contributed by atoms with Crippen LogP contribution in [0.1, 0.15) is 79.0 Å². The van der Waals surface area contributed by atoms with Gasteiger partial charge in [0.2, 0.25) is 0 Å². The summed E-state index contributed by atoms with van der Waals surface area (Å²) in [6, 6.07) is 11.3. The summed E-state index contributed by atoms with van der Waals surface area (Å²) in [5.74, 6) is 0. The first kappa shape index (κ1) is 23.3. The number of nitrogens with zero attached hydrogens (tertiary/aromatic N) is 1. The van der Waals surface area contributed by atoms with Gasteiger partial charge in [-0.25, -0.2) is 0 Å². The minimum absolute atomic E-state index is 0.0281. The third kappa shape index (κ3) is 5.75. The van der Waals surface area contributed by atoms with E-state index < -0.39 is 0 Å². The van der Waals surface area contributed by atoms with Crippen LogP contribution in [0.3, 0.4) is 0 Å². The number of hydrogen-bond acceptors (Lipinski definition) is 4. The van der Waals surface area contributed by atoms with Crippen LogP contribution in [0.2, 0.25) is 0 Å². The van der Waals surface area contributed by atoms with Crippen LogP contribution >= 0.6 is 11.9 Å². The van der Waals surface area contributed by atoms with Crippen molar-refractivity contribution in [2.75, 3.05) is 4.72 Å². The van der Waals surface area contributed by atoms with E-state index in [0.717, 1.165) is 10.6 Å². The average molecular weight is 415 g/mol. The maximum absolute atomic E-state index is 10.9. The second kappa shape index (κ2) is 8.02. The first-order valence-corrected chi connectivity index (χ1v) is 10.8. The Hall–Kier alpha value is -2.01. The summed E-state index contributed by atoms with van der Waals surface area (Å²) < 4.78 is 3.59. The molecule has 0 atom stereocenters. The Balaban J connectivity index is 2.54. The quantitative estimate of drug-likeness (QED) is 0.318. The van der Waals surface area contributed by atoms with Gasteiger partial charge in [0.25, 0.3) is 5.69 Å². The molecule has 0 unspecified atom stereocenters.